The van der Waals surface area contributed by atoms with Gasteiger partial charge in [-0.1, -0.05) is 19.4 Å². The predicted molar refractivity (Wildman–Crippen MR) is 77.7 cm³/mol. The fourth-order valence-electron chi connectivity index (χ4n) is 1.73. The molecule has 0 spiro atoms. The number of nitrogens with one attached hydrogen (secondary N) is 1. The van der Waals surface area contributed by atoms with Gasteiger partial charge in [0.2, 0.25) is 5.95 Å². The van der Waals surface area contributed by atoms with Gasteiger partial charge in [-0.25, -0.2) is 4.39 Å². The molecule has 0 saturated heterocycles. The molecule has 5 nitrogen and oxygen atoms in total. The Morgan fingerprint density at radius 3 is 2.95 bits per heavy atom. The molecule has 0 aliphatic heterocycles. The summed E-state index contributed by atoms with van der Waals surface area (Å²) in [6, 6.07) is 6.21. The molecule has 1 N–H and O–H groups in total. The third-order valence-electron chi connectivity index (χ3n) is 2.83. The summed E-state index contributed by atoms with van der Waals surface area (Å²) in [5.41, 5.74) is 0.632. The lowest BCUT2D eigenvalue weighted by atomic mass is 10.3. The number of rotatable bonds is 6. The minimum absolute atomic E-state index is 0.294. The van der Waals surface area contributed by atoms with Crippen LogP contribution in [0.5, 0.6) is 0 Å². The van der Waals surface area contributed by atoms with Gasteiger partial charge in [-0.05, 0) is 24.6 Å². The van der Waals surface area contributed by atoms with Gasteiger partial charge in [0.05, 0.1) is 6.20 Å². The van der Waals surface area contributed by atoms with E-state index in [0.717, 1.165) is 19.4 Å². The Morgan fingerprint density at radius 1 is 1.35 bits per heavy atom. The van der Waals surface area contributed by atoms with Crippen molar-refractivity contribution in [3.05, 3.63) is 36.3 Å². The first kappa shape index (κ1) is 14.2. The second-order valence-electron chi connectivity index (χ2n) is 4.55. The van der Waals surface area contributed by atoms with Crippen molar-refractivity contribution < 1.29 is 4.39 Å². The quantitative estimate of drug-likeness (QED) is 0.878. The summed E-state index contributed by atoms with van der Waals surface area (Å²) in [5.74, 6) is 0.807. The van der Waals surface area contributed by atoms with E-state index in [0.29, 0.717) is 17.5 Å². The molecule has 1 heterocycles. The summed E-state index contributed by atoms with van der Waals surface area (Å²) in [4.78, 5) is 6.32. The first-order valence-electron chi connectivity index (χ1n) is 6.62. The van der Waals surface area contributed by atoms with Gasteiger partial charge < -0.3 is 10.2 Å². The highest BCUT2D eigenvalue weighted by molar-refractivity contribution is 5.56. The van der Waals surface area contributed by atoms with Crippen LogP contribution in [0.3, 0.4) is 0 Å². The monoisotopic (exact) mass is 275 g/mol. The Morgan fingerprint density at radius 2 is 2.20 bits per heavy atom. The molecule has 0 saturated carbocycles. The van der Waals surface area contributed by atoms with Crippen LogP contribution in [0.4, 0.5) is 21.8 Å². The fraction of sp³-hybridized carbons (Fsp3) is 0.357. The van der Waals surface area contributed by atoms with E-state index in [4.69, 9.17) is 0 Å². The predicted octanol–water partition coefficient (Wildman–Crippen LogP) is 2.99. The SMILES string of the molecule is CCCCN(C)c1nncc(Nc2cccc(F)c2)n1. The first-order valence-corrected chi connectivity index (χ1v) is 6.62. The van der Waals surface area contributed by atoms with Crippen molar-refractivity contribution in [3.63, 3.8) is 0 Å². The van der Waals surface area contributed by atoms with Crippen molar-refractivity contribution in [2.45, 2.75) is 19.8 Å². The highest BCUT2D eigenvalue weighted by Gasteiger charge is 2.06. The highest BCUT2D eigenvalue weighted by Crippen LogP contribution is 2.16. The lowest BCUT2D eigenvalue weighted by Crippen LogP contribution is -2.21. The van der Waals surface area contributed by atoms with E-state index in [1.54, 1.807) is 12.1 Å². The topological polar surface area (TPSA) is 53.9 Å². The zero-order chi connectivity index (χ0) is 14.4. The molecule has 0 amide bonds. The van der Waals surface area contributed by atoms with Crippen LogP contribution >= 0.6 is 0 Å². The molecule has 0 radical (unpaired) electrons. The number of aromatic nitrogens is 3. The Balaban J connectivity index is 2.09. The zero-order valence-corrected chi connectivity index (χ0v) is 11.7. The third kappa shape index (κ3) is 3.88. The summed E-state index contributed by atoms with van der Waals surface area (Å²) < 4.78 is 13.1. The fourth-order valence-corrected chi connectivity index (χ4v) is 1.73. The lowest BCUT2D eigenvalue weighted by molar-refractivity contribution is 0.628. The molecule has 2 aromatic rings. The maximum atomic E-state index is 13.1. The van der Waals surface area contributed by atoms with Gasteiger partial charge in [-0.2, -0.15) is 10.1 Å². The van der Waals surface area contributed by atoms with E-state index in [9.17, 15) is 4.39 Å². The standard InChI is InChI=1S/C14H18FN5/c1-3-4-8-20(2)14-18-13(10-16-19-14)17-12-7-5-6-11(15)9-12/h5-7,9-10H,3-4,8H2,1-2H3,(H,17,18,19). The van der Waals surface area contributed by atoms with E-state index >= 15 is 0 Å². The van der Waals surface area contributed by atoms with Crippen LogP contribution in [0.25, 0.3) is 0 Å². The molecule has 6 heteroatoms. The number of unbranched alkanes of at least 4 members (excludes halogenated alkanes) is 1. The van der Waals surface area contributed by atoms with E-state index in [2.05, 4.69) is 27.4 Å². The first-order chi connectivity index (χ1) is 9.69. The maximum absolute atomic E-state index is 13.1. The van der Waals surface area contributed by atoms with Crippen molar-refractivity contribution in [1.29, 1.82) is 0 Å². The van der Waals surface area contributed by atoms with Crippen LogP contribution in [-0.4, -0.2) is 28.8 Å². The molecular weight excluding hydrogens is 257 g/mol. The average Bonchev–Trinajstić information content (AvgIpc) is 2.45. The van der Waals surface area contributed by atoms with E-state index in [1.165, 1.54) is 18.3 Å². The van der Waals surface area contributed by atoms with Gasteiger partial charge in [-0.3, -0.25) is 0 Å². The van der Waals surface area contributed by atoms with Gasteiger partial charge in [0.15, 0.2) is 5.82 Å². The molecule has 0 bridgehead atoms. The number of halogens is 1. The normalized spacial score (nSPS) is 10.3. The number of benzene rings is 1. The van der Waals surface area contributed by atoms with Gasteiger partial charge in [0.1, 0.15) is 5.82 Å². The largest absolute Gasteiger partial charge is 0.343 e. The minimum Gasteiger partial charge on any atom is -0.343 e. The molecular formula is C14H18FN5. The Hall–Kier alpha value is -2.24. The minimum atomic E-state index is -0.294. The molecule has 1 aromatic heterocycles. The van der Waals surface area contributed by atoms with Crippen molar-refractivity contribution in [2.75, 3.05) is 23.8 Å². The summed E-state index contributed by atoms with van der Waals surface area (Å²) in [5, 5.41) is 10.9. The second kappa shape index (κ2) is 6.79. The Bertz CT molecular complexity index is 561. The van der Waals surface area contributed by atoms with Crippen molar-refractivity contribution >= 4 is 17.5 Å². The van der Waals surface area contributed by atoms with Crippen LogP contribution < -0.4 is 10.2 Å². The zero-order valence-electron chi connectivity index (χ0n) is 11.7. The van der Waals surface area contributed by atoms with Crippen LogP contribution in [0.15, 0.2) is 30.5 Å². The summed E-state index contributed by atoms with van der Waals surface area (Å²) in [6.45, 7) is 3.01. The molecule has 1 aromatic carbocycles. The molecule has 0 atom stereocenters. The Labute approximate surface area is 117 Å². The summed E-state index contributed by atoms with van der Waals surface area (Å²) in [6.07, 6.45) is 3.70. The highest BCUT2D eigenvalue weighted by atomic mass is 19.1. The number of hydrogen-bond acceptors (Lipinski definition) is 5. The lowest BCUT2D eigenvalue weighted by Gasteiger charge is -2.16. The number of nitrogens with zero attached hydrogens (tertiary/aromatic N) is 4. The van der Waals surface area contributed by atoms with E-state index < -0.39 is 0 Å². The summed E-state index contributed by atoms with van der Waals surface area (Å²) in [7, 11) is 1.93. The molecule has 0 unspecified atom stereocenters. The smallest absolute Gasteiger partial charge is 0.247 e. The van der Waals surface area contributed by atoms with E-state index in [-0.39, 0.29) is 5.82 Å². The molecule has 2 rings (SSSR count). The van der Waals surface area contributed by atoms with Crippen LogP contribution in [0, 0.1) is 5.82 Å². The second-order valence-corrected chi connectivity index (χ2v) is 4.55. The molecule has 0 fully saturated rings. The average molecular weight is 275 g/mol. The van der Waals surface area contributed by atoms with E-state index in [1.807, 2.05) is 11.9 Å². The van der Waals surface area contributed by atoms with Crippen LogP contribution in [0.2, 0.25) is 0 Å². The van der Waals surface area contributed by atoms with Crippen molar-refractivity contribution in [1.82, 2.24) is 15.2 Å². The van der Waals surface area contributed by atoms with Crippen molar-refractivity contribution in [2.24, 2.45) is 0 Å². The Kier molecular flexibility index (Phi) is 4.81. The third-order valence-corrected chi connectivity index (χ3v) is 2.83. The van der Waals surface area contributed by atoms with Gasteiger partial charge in [0.25, 0.3) is 0 Å². The molecule has 0 aliphatic rings. The van der Waals surface area contributed by atoms with Crippen LogP contribution in [0.1, 0.15) is 19.8 Å². The molecule has 20 heavy (non-hydrogen) atoms. The molecule has 106 valence electrons. The summed E-state index contributed by atoms with van der Waals surface area (Å²) >= 11 is 0. The van der Waals surface area contributed by atoms with Crippen LogP contribution in [-0.2, 0) is 0 Å². The molecule has 0 aliphatic carbocycles. The van der Waals surface area contributed by atoms with Gasteiger partial charge in [-0.15, -0.1) is 5.10 Å². The van der Waals surface area contributed by atoms with Gasteiger partial charge in [0, 0.05) is 19.3 Å². The number of anilines is 3. The van der Waals surface area contributed by atoms with Gasteiger partial charge >= 0.3 is 0 Å². The van der Waals surface area contributed by atoms with Crippen molar-refractivity contribution in [3.8, 4) is 0 Å². The maximum Gasteiger partial charge on any atom is 0.247 e. The number of hydrogen-bond donors (Lipinski definition) is 1.